The number of halogens is 5. The summed E-state index contributed by atoms with van der Waals surface area (Å²) in [5.74, 6) is -2.82. The molecule has 3 heterocycles. The monoisotopic (exact) mass is 531 g/mol. The third-order valence-corrected chi connectivity index (χ3v) is 7.16. The molecular weight excluding hydrogens is 512 g/mol. The van der Waals surface area contributed by atoms with Gasteiger partial charge in [-0.3, -0.25) is 4.98 Å². The Balaban J connectivity index is 1.64. The molecule has 2 aliphatic heterocycles. The highest BCUT2D eigenvalue weighted by atomic mass is 35.5. The van der Waals surface area contributed by atoms with Crippen molar-refractivity contribution < 1.29 is 30.8 Å². The first kappa shape index (κ1) is 25.2. The Labute approximate surface area is 204 Å². The lowest BCUT2D eigenvalue weighted by atomic mass is 9.89. The largest absolute Gasteiger partial charge is 0.478 e. The maximum atomic E-state index is 14.6. The second-order valence-corrected chi connectivity index (χ2v) is 10.5. The van der Waals surface area contributed by atoms with Gasteiger partial charge in [-0.15, -0.1) is 8.42 Å². The molecule has 0 radical (unpaired) electrons. The third-order valence-electron chi connectivity index (χ3n) is 5.84. The third kappa shape index (κ3) is 4.92. The summed E-state index contributed by atoms with van der Waals surface area (Å²) >= 11 is 6.02. The summed E-state index contributed by atoms with van der Waals surface area (Å²) in [6.45, 7) is 0.0577. The van der Waals surface area contributed by atoms with Crippen LogP contribution in [0.15, 0.2) is 35.6 Å². The number of amidine groups is 1. The van der Waals surface area contributed by atoms with Crippen LogP contribution in [0.1, 0.15) is 19.0 Å². The van der Waals surface area contributed by atoms with Crippen LogP contribution in [0, 0.1) is 23.6 Å². The molecule has 1 aromatic carbocycles. The fraction of sp³-hybridized carbons (Fsp3) is 0.409. The second kappa shape index (κ2) is 9.62. The Kier molecular flexibility index (Phi) is 6.92. The van der Waals surface area contributed by atoms with E-state index in [4.69, 9.17) is 16.4 Å². The van der Waals surface area contributed by atoms with Gasteiger partial charge in [-0.1, -0.05) is 22.8 Å². The molecule has 13 heteroatoms. The molecule has 1 aromatic heterocycles. The average Bonchev–Trinajstić information content (AvgIpc) is 3.42. The number of pyridine rings is 1. The number of alkyl halides is 2. The lowest BCUT2D eigenvalue weighted by Gasteiger charge is -2.26. The minimum atomic E-state index is -3.72. The van der Waals surface area contributed by atoms with Crippen LogP contribution in [-0.4, -0.2) is 55.8 Å². The molecule has 4 rings (SSSR count). The van der Waals surface area contributed by atoms with E-state index in [-0.39, 0.29) is 47.4 Å². The normalized spacial score (nSPS) is 24.1. The molecule has 0 spiro atoms. The average molecular weight is 532 g/mol. The number of oxime groups is 1. The number of hydrogen-bond donors (Lipinski definition) is 0. The number of aromatic nitrogens is 1. The summed E-state index contributed by atoms with van der Waals surface area (Å²) in [6, 6.07) is 6.87. The van der Waals surface area contributed by atoms with E-state index in [0.29, 0.717) is 0 Å². The van der Waals surface area contributed by atoms with Crippen LogP contribution < -0.4 is 0 Å². The molecule has 0 bridgehead atoms. The Morgan fingerprint density at radius 1 is 1.31 bits per heavy atom. The van der Waals surface area contributed by atoms with Crippen molar-refractivity contribution in [2.75, 3.05) is 25.5 Å². The summed E-state index contributed by atoms with van der Waals surface area (Å²) in [5.41, 5.74) is -2.51. The summed E-state index contributed by atoms with van der Waals surface area (Å²) in [4.78, 5) is 11.0. The predicted molar refractivity (Wildman–Crippen MR) is 122 cm³/mol. The molecule has 0 aliphatic carbocycles. The highest BCUT2D eigenvalue weighted by Crippen LogP contribution is 2.42. The Bertz CT molecular complexity index is 1330. The van der Waals surface area contributed by atoms with Gasteiger partial charge in [-0.25, -0.2) is 17.6 Å². The number of nitrogens with zero attached hydrogens (tertiary/aromatic N) is 4. The Hall–Kier alpha value is -2.91. The quantitative estimate of drug-likeness (QED) is 0.542. The van der Waals surface area contributed by atoms with Gasteiger partial charge in [0.25, 0.3) is 0 Å². The van der Waals surface area contributed by atoms with E-state index in [1.165, 1.54) is 30.2 Å². The Morgan fingerprint density at radius 2 is 2.03 bits per heavy atom. The first-order valence-corrected chi connectivity index (χ1v) is 12.6. The standard InChI is InChI=1S/C22H20ClF4N4O3S/c1-2-35(32,33)29-8-13-10-31(11-18(13)27)19-7-22(12-24,34-30-19)21-15(6-14(23)9-28-21)20-16(25)4-3-5-17(20)26/h3-6,9,13,18H,2,7,10-12H2,1H3/q+1/t13?,18-,22?/m0/s1. The van der Waals surface area contributed by atoms with E-state index in [1.807, 2.05) is 0 Å². The van der Waals surface area contributed by atoms with Crippen LogP contribution in [0.5, 0.6) is 0 Å². The number of likely N-dealkylation sites (tertiary alicyclic amines) is 1. The van der Waals surface area contributed by atoms with Crippen molar-refractivity contribution in [3.05, 3.63) is 57.1 Å². The maximum absolute atomic E-state index is 14.6. The Morgan fingerprint density at radius 3 is 2.69 bits per heavy atom. The summed E-state index contributed by atoms with van der Waals surface area (Å²) in [5, 5.41) is 3.98. The fourth-order valence-corrected chi connectivity index (χ4v) is 4.53. The van der Waals surface area contributed by atoms with E-state index < -0.39 is 51.6 Å². The molecular formula is C22H20ClF4N4O3S+. The zero-order valence-electron chi connectivity index (χ0n) is 18.4. The highest BCUT2D eigenvalue weighted by molar-refractivity contribution is 7.93. The van der Waals surface area contributed by atoms with E-state index in [0.717, 1.165) is 12.1 Å². The lowest BCUT2D eigenvalue weighted by Crippen LogP contribution is -2.35. The molecule has 3 atom stereocenters. The molecule has 35 heavy (non-hydrogen) atoms. The minimum absolute atomic E-state index is 0.0166. The smallest absolute Gasteiger partial charge is 0.378 e. The van der Waals surface area contributed by atoms with E-state index in [9.17, 15) is 26.0 Å². The minimum Gasteiger partial charge on any atom is -0.378 e. The molecule has 2 unspecified atom stereocenters. The topological polar surface area (TPSA) is 76.2 Å². The van der Waals surface area contributed by atoms with Gasteiger partial charge < -0.3 is 9.74 Å². The predicted octanol–water partition coefficient (Wildman–Crippen LogP) is 4.53. The van der Waals surface area contributed by atoms with Crippen LogP contribution in [-0.2, 0) is 20.5 Å². The van der Waals surface area contributed by atoms with Crippen LogP contribution in [0.3, 0.4) is 0 Å². The zero-order valence-corrected chi connectivity index (χ0v) is 20.0. The van der Waals surface area contributed by atoms with Crippen LogP contribution in [0.25, 0.3) is 15.4 Å². The molecule has 7 nitrogen and oxygen atoms in total. The highest BCUT2D eigenvalue weighted by Gasteiger charge is 2.49. The molecule has 0 saturated carbocycles. The number of benzene rings is 1. The number of rotatable bonds is 4. The second-order valence-electron chi connectivity index (χ2n) is 8.17. The SMILES string of the molecule is CCS(=O)(=O)[N+]#CC1CN(C2=NOC(CF)(c3ncc(Cl)cc3-c3c(F)cccc3F)C2)C[C@@H]1F. The van der Waals surface area contributed by atoms with Gasteiger partial charge in [0.05, 0.1) is 33.5 Å². The van der Waals surface area contributed by atoms with Crippen molar-refractivity contribution >= 4 is 27.5 Å². The summed E-state index contributed by atoms with van der Waals surface area (Å²) < 4.78 is 84.7. The van der Waals surface area contributed by atoms with Gasteiger partial charge in [0.1, 0.15) is 42.0 Å². The fourth-order valence-electron chi connectivity index (χ4n) is 3.95. The van der Waals surface area contributed by atoms with Gasteiger partial charge in [0.2, 0.25) is 5.60 Å². The first-order chi connectivity index (χ1) is 16.6. The van der Waals surface area contributed by atoms with Crippen molar-refractivity contribution in [1.29, 1.82) is 0 Å². The zero-order chi connectivity index (χ0) is 25.4. The van der Waals surface area contributed by atoms with Gasteiger partial charge in [0, 0.05) is 18.3 Å². The lowest BCUT2D eigenvalue weighted by molar-refractivity contribution is -0.0434. The summed E-state index contributed by atoms with van der Waals surface area (Å²) in [6.07, 6.45) is -0.517. The molecule has 1 fully saturated rings. The summed E-state index contributed by atoms with van der Waals surface area (Å²) in [7, 11) is -3.72. The van der Waals surface area contributed by atoms with E-state index in [1.54, 1.807) is 0 Å². The van der Waals surface area contributed by atoms with Crippen LogP contribution >= 0.6 is 11.6 Å². The number of sulfonamides is 1. The van der Waals surface area contributed by atoms with Crippen molar-refractivity contribution in [3.63, 3.8) is 0 Å². The van der Waals surface area contributed by atoms with Crippen molar-refractivity contribution in [2.45, 2.75) is 25.1 Å². The van der Waals surface area contributed by atoms with Crippen molar-refractivity contribution in [1.82, 2.24) is 9.88 Å². The molecule has 186 valence electrons. The first-order valence-electron chi connectivity index (χ1n) is 10.6. The van der Waals surface area contributed by atoms with Crippen molar-refractivity contribution in [3.8, 4) is 17.2 Å². The van der Waals surface area contributed by atoms with Gasteiger partial charge in [-0.2, -0.15) is 0 Å². The van der Waals surface area contributed by atoms with Gasteiger partial charge in [-0.05, 0) is 25.1 Å². The van der Waals surface area contributed by atoms with E-state index >= 15 is 0 Å². The van der Waals surface area contributed by atoms with Crippen LogP contribution in [0.4, 0.5) is 17.6 Å². The van der Waals surface area contributed by atoms with E-state index in [2.05, 4.69) is 20.5 Å². The maximum Gasteiger partial charge on any atom is 0.478 e. The molecule has 0 amide bonds. The molecule has 2 aromatic rings. The van der Waals surface area contributed by atoms with Gasteiger partial charge in [0.15, 0.2) is 0 Å². The molecule has 2 aliphatic rings. The van der Waals surface area contributed by atoms with Crippen molar-refractivity contribution in [2.24, 2.45) is 11.1 Å². The molecule has 1 saturated heterocycles. The van der Waals surface area contributed by atoms with Crippen LogP contribution in [0.2, 0.25) is 5.02 Å². The van der Waals surface area contributed by atoms with Gasteiger partial charge >= 0.3 is 16.1 Å². The number of hydrogen-bond acceptors (Lipinski definition) is 6. The molecule has 0 N–H and O–H groups in total.